The van der Waals surface area contributed by atoms with Crippen molar-refractivity contribution in [2.24, 2.45) is 42.3 Å². The zero-order valence-corrected chi connectivity index (χ0v) is 43.0. The SMILES string of the molecule is CC(=O)Nc1cn(C)c(C(=O)Nc2cn(C)c(C(=O)Nc3cn(C)c(C(=O)NCCCC(=O)Nc4cc(C(=O)Nc5cc(C(=O)Nc6cc(C(=O)NCCC(=O)NCCCN(C)C)n(C)c6)n(C)c5)n(C)c4)n3)n2)n1. The Morgan fingerprint density at radius 3 is 1.31 bits per heavy atom. The van der Waals surface area contributed by atoms with Crippen LogP contribution in [0.2, 0.25) is 0 Å². The van der Waals surface area contributed by atoms with Crippen molar-refractivity contribution in [3.05, 3.63) is 89.9 Å². The summed E-state index contributed by atoms with van der Waals surface area (Å²) in [6.45, 7) is 2.96. The van der Waals surface area contributed by atoms with Crippen molar-refractivity contribution in [3.8, 4) is 0 Å². The summed E-state index contributed by atoms with van der Waals surface area (Å²) in [4.78, 5) is 129. The van der Waals surface area contributed by atoms with Crippen molar-refractivity contribution >= 4 is 87.7 Å². The van der Waals surface area contributed by atoms with Gasteiger partial charge in [0.15, 0.2) is 17.5 Å². The first-order valence-electron chi connectivity index (χ1n) is 23.4. The molecule has 0 atom stereocenters. The van der Waals surface area contributed by atoms with Gasteiger partial charge in [0.05, 0.1) is 17.1 Å². The molecule has 28 heteroatoms. The van der Waals surface area contributed by atoms with E-state index in [0.717, 1.165) is 13.0 Å². The van der Waals surface area contributed by atoms with Crippen molar-refractivity contribution < 1.29 is 43.2 Å². The Morgan fingerprint density at radius 2 is 0.840 bits per heavy atom. The number of imidazole rings is 3. The molecule has 28 nitrogen and oxygen atoms in total. The first-order valence-corrected chi connectivity index (χ1v) is 23.4. The van der Waals surface area contributed by atoms with Gasteiger partial charge in [-0.05, 0) is 51.7 Å². The summed E-state index contributed by atoms with van der Waals surface area (Å²) in [5.41, 5.74) is 1.74. The molecule has 0 spiro atoms. The van der Waals surface area contributed by atoms with Gasteiger partial charge in [0.1, 0.15) is 17.1 Å². The summed E-state index contributed by atoms with van der Waals surface area (Å²) >= 11 is 0. The van der Waals surface area contributed by atoms with Crippen molar-refractivity contribution in [1.82, 2.24) is 63.2 Å². The van der Waals surface area contributed by atoms with Crippen LogP contribution in [-0.2, 0) is 56.7 Å². The Hall–Kier alpha value is -9.34. The number of anilines is 6. The van der Waals surface area contributed by atoms with Gasteiger partial charge < -0.3 is 80.2 Å². The molecule has 6 aromatic rings. The molecule has 75 heavy (non-hydrogen) atoms. The van der Waals surface area contributed by atoms with Crippen LogP contribution in [0.1, 0.15) is 95.9 Å². The highest BCUT2D eigenvalue weighted by Gasteiger charge is 2.23. The number of rotatable bonds is 23. The van der Waals surface area contributed by atoms with Gasteiger partial charge in [-0.25, -0.2) is 15.0 Å². The van der Waals surface area contributed by atoms with Crippen LogP contribution in [-0.4, -0.2) is 141 Å². The summed E-state index contributed by atoms with van der Waals surface area (Å²) < 4.78 is 8.84. The quantitative estimate of drug-likeness (QED) is 0.0408. The average Bonchev–Trinajstić information content (AvgIpc) is 4.19. The molecule has 0 saturated heterocycles. The number of aryl methyl sites for hydroxylation is 6. The summed E-state index contributed by atoms with van der Waals surface area (Å²) in [5.74, 6) is -3.98. The summed E-state index contributed by atoms with van der Waals surface area (Å²) in [7, 11) is 13.5. The van der Waals surface area contributed by atoms with Gasteiger partial charge in [-0.3, -0.25) is 43.2 Å². The van der Waals surface area contributed by atoms with Crippen LogP contribution in [0.4, 0.5) is 34.5 Å². The smallest absolute Gasteiger partial charge is 0.292 e. The van der Waals surface area contributed by atoms with Gasteiger partial charge in [-0.15, -0.1) is 0 Å². The van der Waals surface area contributed by atoms with Crippen molar-refractivity contribution in [1.29, 1.82) is 0 Å². The fourth-order valence-electron chi connectivity index (χ4n) is 7.55. The van der Waals surface area contributed by atoms with Crippen molar-refractivity contribution in [3.63, 3.8) is 0 Å². The van der Waals surface area contributed by atoms with E-state index in [1.165, 1.54) is 66.5 Å². The predicted octanol–water partition coefficient (Wildman–Crippen LogP) is 1.21. The second-order valence-electron chi connectivity index (χ2n) is 17.8. The normalized spacial score (nSPS) is 11.0. The number of nitrogens with one attached hydrogen (secondary N) is 9. The zero-order chi connectivity index (χ0) is 54.7. The lowest BCUT2D eigenvalue weighted by Gasteiger charge is -2.10. The van der Waals surface area contributed by atoms with Gasteiger partial charge in [0.2, 0.25) is 35.2 Å². The standard InChI is InChI=1S/C47H61N19O9/c1-27(67)51-34-24-65(8)40(55-34)46(74)59-36-26-66(9)41(57-36)47(75)58-35-25-64(7)39(56-35)45(73)49-14-10-12-38(69)52-28-18-32(62(5)21-28)43(71)54-30-20-33(63(6)23-30)44(72)53-29-19-31(61(4)22-29)42(70)50-16-13-37(68)48-15-11-17-60(2)3/h18-26H,10-17H2,1-9H3,(H,48,68)(H,49,73)(H,50,70)(H,51,67)(H,52,69)(H,53,72)(H,54,71)(H,58,75)(H,59,74). The van der Waals surface area contributed by atoms with Crippen molar-refractivity contribution in [2.45, 2.75) is 32.6 Å². The Labute approximate surface area is 430 Å². The second-order valence-corrected chi connectivity index (χ2v) is 17.8. The maximum Gasteiger partial charge on any atom is 0.292 e. The lowest BCUT2D eigenvalue weighted by Crippen LogP contribution is -2.32. The molecule has 6 rings (SSSR count). The highest BCUT2D eigenvalue weighted by atomic mass is 16.2. The molecule has 0 radical (unpaired) electrons. The Balaban J connectivity index is 0.917. The van der Waals surface area contributed by atoms with E-state index in [2.05, 4.69) is 62.8 Å². The van der Waals surface area contributed by atoms with Crippen LogP contribution >= 0.6 is 0 Å². The zero-order valence-electron chi connectivity index (χ0n) is 43.0. The maximum absolute atomic E-state index is 13.4. The highest BCUT2D eigenvalue weighted by molar-refractivity contribution is 6.08. The molecule has 9 N–H and O–H groups in total. The third-order valence-corrected chi connectivity index (χ3v) is 11.1. The Kier molecular flexibility index (Phi) is 17.9. The minimum atomic E-state index is -0.676. The topological polar surface area (TPSA) is 333 Å². The summed E-state index contributed by atoms with van der Waals surface area (Å²) in [5, 5.41) is 24.2. The molecule has 0 unspecified atom stereocenters. The monoisotopic (exact) mass is 1040 g/mol. The molecule has 0 aliphatic heterocycles. The van der Waals surface area contributed by atoms with Gasteiger partial charge >= 0.3 is 0 Å². The first-order chi connectivity index (χ1) is 35.5. The molecular weight excluding hydrogens is 975 g/mol. The molecule has 9 amide bonds. The number of aromatic nitrogens is 9. The number of amides is 9. The number of carbonyl (C=O) groups is 9. The van der Waals surface area contributed by atoms with Gasteiger partial charge in [-0.1, -0.05) is 0 Å². The van der Waals surface area contributed by atoms with E-state index in [0.29, 0.717) is 23.6 Å². The summed E-state index contributed by atoms with van der Waals surface area (Å²) in [6, 6.07) is 4.51. The van der Waals surface area contributed by atoms with Gasteiger partial charge in [0.25, 0.3) is 35.4 Å². The van der Waals surface area contributed by atoms with E-state index in [9.17, 15) is 43.2 Å². The van der Waals surface area contributed by atoms with Crippen LogP contribution in [0.5, 0.6) is 0 Å². The van der Waals surface area contributed by atoms with E-state index in [4.69, 9.17) is 0 Å². The van der Waals surface area contributed by atoms with E-state index in [1.54, 1.807) is 65.4 Å². The lowest BCUT2D eigenvalue weighted by molar-refractivity contribution is -0.121. The molecule has 0 aromatic carbocycles. The van der Waals surface area contributed by atoms with E-state index < -0.39 is 35.4 Å². The van der Waals surface area contributed by atoms with Gasteiger partial charge in [-0.2, -0.15) is 0 Å². The molecular formula is C47H61N19O9. The predicted molar refractivity (Wildman–Crippen MR) is 275 cm³/mol. The first kappa shape index (κ1) is 55.0. The largest absolute Gasteiger partial charge is 0.356 e. The van der Waals surface area contributed by atoms with Crippen LogP contribution in [0.15, 0.2) is 55.4 Å². The molecule has 6 heterocycles. The van der Waals surface area contributed by atoms with E-state index >= 15 is 0 Å². The lowest BCUT2D eigenvalue weighted by atomic mass is 10.3. The summed E-state index contributed by atoms with van der Waals surface area (Å²) in [6.07, 6.45) is 10.2. The Bertz CT molecular complexity index is 3140. The molecule has 0 aliphatic carbocycles. The average molecular weight is 1040 g/mol. The molecule has 6 aromatic heterocycles. The van der Waals surface area contributed by atoms with E-state index in [1.807, 2.05) is 19.0 Å². The third-order valence-electron chi connectivity index (χ3n) is 11.1. The van der Waals surface area contributed by atoms with E-state index in [-0.39, 0.29) is 102 Å². The number of hydrogen-bond acceptors (Lipinski definition) is 13. The fraction of sp³-hybridized carbons (Fsp3) is 0.362. The molecule has 0 fully saturated rings. The molecule has 0 bridgehead atoms. The number of carbonyl (C=O) groups excluding carboxylic acids is 9. The van der Waals surface area contributed by atoms with Crippen LogP contribution in [0.3, 0.4) is 0 Å². The number of hydrogen-bond donors (Lipinski definition) is 9. The molecule has 0 aliphatic rings. The highest BCUT2D eigenvalue weighted by Crippen LogP contribution is 2.21. The van der Waals surface area contributed by atoms with Crippen molar-refractivity contribution in [2.75, 3.05) is 72.2 Å². The van der Waals surface area contributed by atoms with Crippen LogP contribution < -0.4 is 47.9 Å². The minimum absolute atomic E-state index is 0.00905. The molecule has 0 saturated carbocycles. The maximum atomic E-state index is 13.4. The van der Waals surface area contributed by atoms with Crippen LogP contribution in [0.25, 0.3) is 0 Å². The Morgan fingerprint density at radius 1 is 0.427 bits per heavy atom. The number of nitrogens with zero attached hydrogens (tertiary/aromatic N) is 10. The second kappa shape index (κ2) is 24.4. The van der Waals surface area contributed by atoms with Crippen LogP contribution in [0, 0.1) is 0 Å². The third kappa shape index (κ3) is 14.9. The fourth-order valence-corrected chi connectivity index (χ4v) is 7.55. The minimum Gasteiger partial charge on any atom is -0.356 e. The van der Waals surface area contributed by atoms with Gasteiger partial charge in [0, 0.05) is 119 Å². The molecule has 398 valence electrons.